The lowest BCUT2D eigenvalue weighted by atomic mass is 10.1. The molecular formula is C13H22N4O. The molecule has 18 heavy (non-hydrogen) atoms. The smallest absolute Gasteiger partial charge is 0.234 e. The molecule has 1 aromatic rings. The van der Waals surface area contributed by atoms with Gasteiger partial charge in [0.15, 0.2) is 5.82 Å². The van der Waals surface area contributed by atoms with Crippen LogP contribution in [0.5, 0.6) is 5.88 Å². The highest BCUT2D eigenvalue weighted by Crippen LogP contribution is 2.24. The SMILES string of the molecule is CC(C)Oc1cncc(N2CCC(CCN)C2)n1. The van der Waals surface area contributed by atoms with Gasteiger partial charge >= 0.3 is 0 Å². The Morgan fingerprint density at radius 2 is 2.33 bits per heavy atom. The van der Waals surface area contributed by atoms with Crippen LogP contribution in [-0.4, -0.2) is 35.7 Å². The number of nitrogens with zero attached hydrogens (tertiary/aromatic N) is 3. The van der Waals surface area contributed by atoms with Crippen LogP contribution in [0.4, 0.5) is 5.82 Å². The first kappa shape index (κ1) is 13.1. The summed E-state index contributed by atoms with van der Waals surface area (Å²) in [6.45, 7) is 6.80. The molecule has 0 aliphatic carbocycles. The standard InChI is InChI=1S/C13H22N4O/c1-10(2)18-13-8-15-7-12(16-13)17-6-4-11(9-17)3-5-14/h7-8,10-11H,3-6,9,14H2,1-2H3. The van der Waals surface area contributed by atoms with Crippen molar-refractivity contribution in [1.82, 2.24) is 9.97 Å². The van der Waals surface area contributed by atoms with Gasteiger partial charge in [-0.05, 0) is 39.2 Å². The van der Waals surface area contributed by atoms with E-state index in [4.69, 9.17) is 10.5 Å². The van der Waals surface area contributed by atoms with Crippen molar-refractivity contribution in [3.8, 4) is 5.88 Å². The Morgan fingerprint density at radius 3 is 3.06 bits per heavy atom. The van der Waals surface area contributed by atoms with Gasteiger partial charge in [-0.15, -0.1) is 0 Å². The number of rotatable bonds is 5. The Balaban J connectivity index is 2.01. The first-order chi connectivity index (χ1) is 8.69. The fraction of sp³-hybridized carbons (Fsp3) is 0.692. The first-order valence-electron chi connectivity index (χ1n) is 6.62. The highest BCUT2D eigenvalue weighted by atomic mass is 16.5. The fourth-order valence-corrected chi connectivity index (χ4v) is 2.30. The van der Waals surface area contributed by atoms with Crippen LogP contribution in [-0.2, 0) is 0 Å². The molecule has 1 saturated heterocycles. The van der Waals surface area contributed by atoms with E-state index in [1.54, 1.807) is 12.4 Å². The van der Waals surface area contributed by atoms with E-state index < -0.39 is 0 Å². The van der Waals surface area contributed by atoms with E-state index in [-0.39, 0.29) is 6.10 Å². The first-order valence-corrected chi connectivity index (χ1v) is 6.62. The Morgan fingerprint density at radius 1 is 1.50 bits per heavy atom. The summed E-state index contributed by atoms with van der Waals surface area (Å²) in [5, 5.41) is 0. The van der Waals surface area contributed by atoms with Gasteiger partial charge in [-0.1, -0.05) is 0 Å². The number of anilines is 1. The molecule has 1 aliphatic rings. The fourth-order valence-electron chi connectivity index (χ4n) is 2.30. The van der Waals surface area contributed by atoms with Crippen molar-refractivity contribution in [1.29, 1.82) is 0 Å². The molecule has 0 radical (unpaired) electrons. The molecule has 2 N–H and O–H groups in total. The number of nitrogens with two attached hydrogens (primary N) is 1. The summed E-state index contributed by atoms with van der Waals surface area (Å²) in [6, 6.07) is 0. The van der Waals surface area contributed by atoms with Crippen LogP contribution in [0.1, 0.15) is 26.7 Å². The quantitative estimate of drug-likeness (QED) is 0.856. The molecule has 0 saturated carbocycles. The van der Waals surface area contributed by atoms with E-state index in [0.29, 0.717) is 11.8 Å². The Labute approximate surface area is 108 Å². The maximum absolute atomic E-state index is 5.60. The van der Waals surface area contributed by atoms with E-state index in [9.17, 15) is 0 Å². The van der Waals surface area contributed by atoms with Crippen molar-refractivity contribution in [2.75, 3.05) is 24.5 Å². The maximum atomic E-state index is 5.60. The lowest BCUT2D eigenvalue weighted by molar-refractivity contribution is 0.231. The summed E-state index contributed by atoms with van der Waals surface area (Å²) >= 11 is 0. The van der Waals surface area contributed by atoms with Gasteiger partial charge in [0.25, 0.3) is 0 Å². The van der Waals surface area contributed by atoms with E-state index in [1.807, 2.05) is 13.8 Å². The van der Waals surface area contributed by atoms with E-state index in [0.717, 1.165) is 31.9 Å². The third-order valence-corrected chi connectivity index (χ3v) is 3.14. The summed E-state index contributed by atoms with van der Waals surface area (Å²) in [5.41, 5.74) is 5.60. The van der Waals surface area contributed by atoms with E-state index in [1.165, 1.54) is 6.42 Å². The lowest BCUT2D eigenvalue weighted by Crippen LogP contribution is -2.22. The molecule has 1 aliphatic heterocycles. The van der Waals surface area contributed by atoms with Crippen LogP contribution in [0.25, 0.3) is 0 Å². The second kappa shape index (κ2) is 6.00. The highest BCUT2D eigenvalue weighted by molar-refractivity contribution is 5.38. The van der Waals surface area contributed by atoms with Gasteiger partial charge in [-0.2, -0.15) is 4.98 Å². The molecule has 1 atom stereocenters. The molecule has 0 aromatic carbocycles. The molecule has 2 rings (SSSR count). The molecule has 1 fully saturated rings. The van der Waals surface area contributed by atoms with Gasteiger partial charge in [0, 0.05) is 13.1 Å². The number of hydrogen-bond donors (Lipinski definition) is 1. The number of ether oxygens (including phenoxy) is 1. The molecule has 0 amide bonds. The van der Waals surface area contributed by atoms with Crippen molar-refractivity contribution in [2.45, 2.75) is 32.8 Å². The Hall–Kier alpha value is -1.36. The Kier molecular flexibility index (Phi) is 4.36. The summed E-state index contributed by atoms with van der Waals surface area (Å²) in [4.78, 5) is 11.0. The van der Waals surface area contributed by atoms with Gasteiger partial charge in [0.1, 0.15) is 0 Å². The van der Waals surface area contributed by atoms with Gasteiger partial charge in [0.2, 0.25) is 5.88 Å². The van der Waals surface area contributed by atoms with Crippen molar-refractivity contribution in [2.24, 2.45) is 11.7 Å². The van der Waals surface area contributed by atoms with Crippen molar-refractivity contribution in [3.63, 3.8) is 0 Å². The molecule has 5 heteroatoms. The minimum Gasteiger partial charge on any atom is -0.474 e. The van der Waals surface area contributed by atoms with Crippen LogP contribution in [0.2, 0.25) is 0 Å². The lowest BCUT2D eigenvalue weighted by Gasteiger charge is -2.18. The monoisotopic (exact) mass is 250 g/mol. The van der Waals surface area contributed by atoms with Crippen LogP contribution in [0, 0.1) is 5.92 Å². The van der Waals surface area contributed by atoms with Gasteiger partial charge in [-0.25, -0.2) is 0 Å². The third kappa shape index (κ3) is 3.32. The highest BCUT2D eigenvalue weighted by Gasteiger charge is 2.23. The third-order valence-electron chi connectivity index (χ3n) is 3.14. The minimum atomic E-state index is 0.123. The zero-order valence-corrected chi connectivity index (χ0v) is 11.2. The average Bonchev–Trinajstić information content (AvgIpc) is 2.78. The van der Waals surface area contributed by atoms with Crippen molar-refractivity contribution < 1.29 is 4.74 Å². The van der Waals surface area contributed by atoms with Gasteiger partial charge in [0.05, 0.1) is 18.5 Å². The molecule has 100 valence electrons. The van der Waals surface area contributed by atoms with Crippen LogP contribution in [0.15, 0.2) is 12.4 Å². The second-order valence-corrected chi connectivity index (χ2v) is 5.06. The molecule has 1 unspecified atom stereocenters. The van der Waals surface area contributed by atoms with Crippen LogP contribution in [0.3, 0.4) is 0 Å². The maximum Gasteiger partial charge on any atom is 0.234 e. The largest absolute Gasteiger partial charge is 0.474 e. The van der Waals surface area contributed by atoms with E-state index in [2.05, 4.69) is 14.9 Å². The average molecular weight is 250 g/mol. The van der Waals surface area contributed by atoms with Gasteiger partial charge in [-0.3, -0.25) is 4.98 Å². The number of aromatic nitrogens is 2. The molecule has 1 aromatic heterocycles. The Bertz CT molecular complexity index is 383. The summed E-state index contributed by atoms with van der Waals surface area (Å²) in [7, 11) is 0. The van der Waals surface area contributed by atoms with Crippen molar-refractivity contribution >= 4 is 5.82 Å². The van der Waals surface area contributed by atoms with Crippen LogP contribution < -0.4 is 15.4 Å². The minimum absolute atomic E-state index is 0.123. The topological polar surface area (TPSA) is 64.3 Å². The summed E-state index contributed by atoms with van der Waals surface area (Å²) in [5.74, 6) is 2.20. The van der Waals surface area contributed by atoms with Gasteiger partial charge < -0.3 is 15.4 Å². The normalized spacial score (nSPS) is 19.6. The molecule has 2 heterocycles. The number of hydrogen-bond acceptors (Lipinski definition) is 5. The molecule has 0 bridgehead atoms. The predicted molar refractivity (Wildman–Crippen MR) is 71.8 cm³/mol. The zero-order chi connectivity index (χ0) is 13.0. The molecule has 0 spiro atoms. The predicted octanol–water partition coefficient (Wildman–Crippen LogP) is 1.44. The second-order valence-electron chi connectivity index (χ2n) is 5.06. The summed E-state index contributed by atoms with van der Waals surface area (Å²) < 4.78 is 5.57. The molecule has 5 nitrogen and oxygen atoms in total. The molecular weight excluding hydrogens is 228 g/mol. The van der Waals surface area contributed by atoms with Crippen LogP contribution >= 0.6 is 0 Å². The summed E-state index contributed by atoms with van der Waals surface area (Å²) in [6.07, 6.45) is 5.87. The van der Waals surface area contributed by atoms with E-state index >= 15 is 0 Å². The zero-order valence-electron chi connectivity index (χ0n) is 11.2. The van der Waals surface area contributed by atoms with Crippen molar-refractivity contribution in [3.05, 3.63) is 12.4 Å².